The lowest BCUT2D eigenvalue weighted by molar-refractivity contribution is -0.121. The summed E-state index contributed by atoms with van der Waals surface area (Å²) in [6.45, 7) is 4.93. The first-order valence-electron chi connectivity index (χ1n) is 8.79. The summed E-state index contributed by atoms with van der Waals surface area (Å²) in [5, 5.41) is 12.9. The zero-order chi connectivity index (χ0) is 18.7. The monoisotopic (exact) mass is 366 g/mol. The number of ether oxygens (including phenoxy) is 1. The van der Waals surface area contributed by atoms with Crippen LogP contribution in [0.5, 0.6) is 0 Å². The number of carbonyl (C=O) groups excluding carboxylic acids is 2. The zero-order valence-corrected chi connectivity index (χ0v) is 15.2. The molecule has 3 heterocycles. The van der Waals surface area contributed by atoms with Crippen molar-refractivity contribution >= 4 is 17.6 Å². The maximum absolute atomic E-state index is 12.4. The Labute approximate surface area is 152 Å². The number of anilines is 1. The van der Waals surface area contributed by atoms with Gasteiger partial charge in [-0.2, -0.15) is 0 Å². The molecule has 10 heteroatoms. The van der Waals surface area contributed by atoms with E-state index in [0.29, 0.717) is 18.1 Å². The van der Waals surface area contributed by atoms with E-state index in [9.17, 15) is 14.7 Å². The normalized spacial score (nSPS) is 21.0. The Morgan fingerprint density at radius 2 is 2.08 bits per heavy atom. The third-order valence-corrected chi connectivity index (χ3v) is 4.76. The summed E-state index contributed by atoms with van der Waals surface area (Å²) in [6.07, 6.45) is 1.26. The van der Waals surface area contributed by atoms with E-state index in [1.54, 1.807) is 7.05 Å². The first kappa shape index (κ1) is 18.6. The smallest absolute Gasteiger partial charge is 0.277 e. The number of aliphatic hydroxyl groups is 1. The van der Waals surface area contributed by atoms with E-state index in [1.165, 1.54) is 27.7 Å². The van der Waals surface area contributed by atoms with E-state index in [1.807, 2.05) is 0 Å². The van der Waals surface area contributed by atoms with Crippen molar-refractivity contribution in [3.05, 3.63) is 12.0 Å². The Morgan fingerprint density at radius 3 is 2.81 bits per heavy atom. The van der Waals surface area contributed by atoms with E-state index >= 15 is 0 Å². The molecule has 0 aromatic carbocycles. The molecule has 1 saturated heterocycles. The second-order valence-electron chi connectivity index (χ2n) is 6.58. The molecule has 2 aliphatic heterocycles. The molecule has 26 heavy (non-hydrogen) atoms. The molecule has 2 amide bonds. The number of imidazole rings is 1. The number of nitrogens with one attached hydrogen (secondary N) is 1. The number of aliphatic hydroxyl groups excluding tert-OH is 1. The highest BCUT2D eigenvalue weighted by molar-refractivity contribution is 5.99. The van der Waals surface area contributed by atoms with Crippen LogP contribution in [-0.2, 0) is 16.1 Å². The molecule has 1 aromatic rings. The average Bonchev–Trinajstić information content (AvgIpc) is 3.06. The lowest BCUT2D eigenvalue weighted by Crippen LogP contribution is -2.52. The minimum Gasteiger partial charge on any atom is -0.379 e. The van der Waals surface area contributed by atoms with Crippen LogP contribution in [0.4, 0.5) is 5.82 Å². The van der Waals surface area contributed by atoms with Gasteiger partial charge in [0, 0.05) is 33.7 Å². The number of nitrogens with zero attached hydrogens (tertiary/aromatic N) is 5. The molecule has 1 fully saturated rings. The Hall–Kier alpha value is -2.17. The number of rotatable bonds is 6. The maximum Gasteiger partial charge on any atom is 0.277 e. The van der Waals surface area contributed by atoms with Crippen molar-refractivity contribution in [3.63, 3.8) is 0 Å². The van der Waals surface area contributed by atoms with Gasteiger partial charge < -0.3 is 24.6 Å². The van der Waals surface area contributed by atoms with Crippen LogP contribution in [0.3, 0.4) is 0 Å². The number of carbonyl (C=O) groups is 2. The fraction of sp³-hybridized carbons (Fsp3) is 0.688. The zero-order valence-electron chi connectivity index (χ0n) is 15.2. The van der Waals surface area contributed by atoms with E-state index < -0.39 is 6.35 Å². The molecule has 2 aliphatic rings. The third-order valence-electron chi connectivity index (χ3n) is 4.76. The summed E-state index contributed by atoms with van der Waals surface area (Å²) >= 11 is 0. The van der Waals surface area contributed by atoms with E-state index in [4.69, 9.17) is 4.74 Å². The number of hydrogen-bond donors (Lipinski definition) is 2. The van der Waals surface area contributed by atoms with Crippen LogP contribution in [0, 0.1) is 0 Å². The second-order valence-corrected chi connectivity index (χ2v) is 6.58. The fourth-order valence-electron chi connectivity index (χ4n) is 3.18. The van der Waals surface area contributed by atoms with Crippen molar-refractivity contribution < 1.29 is 19.4 Å². The first-order valence-corrected chi connectivity index (χ1v) is 8.79. The summed E-state index contributed by atoms with van der Waals surface area (Å²) < 4.78 is 6.83. The molecule has 10 nitrogen and oxygen atoms in total. The highest BCUT2D eigenvalue weighted by atomic mass is 16.5. The van der Waals surface area contributed by atoms with Crippen LogP contribution in [0.15, 0.2) is 6.33 Å². The molecule has 2 N–H and O–H groups in total. The minimum absolute atomic E-state index is 0.0173. The van der Waals surface area contributed by atoms with Crippen LogP contribution in [-0.4, -0.2) is 96.1 Å². The summed E-state index contributed by atoms with van der Waals surface area (Å²) in [5.74, 6) is -0.152. The van der Waals surface area contributed by atoms with Gasteiger partial charge in [0.2, 0.25) is 12.3 Å². The molecule has 0 aliphatic carbocycles. The van der Waals surface area contributed by atoms with Gasteiger partial charge in [-0.05, 0) is 13.0 Å². The predicted molar refractivity (Wildman–Crippen MR) is 93.6 cm³/mol. The number of fused-ring (bicyclic) bond motifs is 1. The number of morpholine rings is 1. The summed E-state index contributed by atoms with van der Waals surface area (Å²) in [6, 6.07) is 0. The van der Waals surface area contributed by atoms with Gasteiger partial charge in [-0.25, -0.2) is 4.98 Å². The number of hydrogen-bond acceptors (Lipinski definition) is 7. The summed E-state index contributed by atoms with van der Waals surface area (Å²) in [5.41, 5.74) is 0.309. The molecule has 3 rings (SSSR count). The van der Waals surface area contributed by atoms with Gasteiger partial charge in [0.25, 0.3) is 5.91 Å². The largest absolute Gasteiger partial charge is 0.379 e. The van der Waals surface area contributed by atoms with E-state index in [2.05, 4.69) is 15.2 Å². The quantitative estimate of drug-likeness (QED) is 0.592. The summed E-state index contributed by atoms with van der Waals surface area (Å²) in [4.78, 5) is 33.8. The highest BCUT2D eigenvalue weighted by Gasteiger charge is 2.36. The average molecular weight is 366 g/mol. The first-order chi connectivity index (χ1) is 12.5. The van der Waals surface area contributed by atoms with Gasteiger partial charge >= 0.3 is 0 Å². The van der Waals surface area contributed by atoms with Crippen LogP contribution in [0.25, 0.3) is 0 Å². The Kier molecular flexibility index (Phi) is 5.74. The lowest BCUT2D eigenvalue weighted by Gasteiger charge is -2.36. The van der Waals surface area contributed by atoms with Gasteiger partial charge in [-0.3, -0.25) is 19.4 Å². The third kappa shape index (κ3) is 3.81. The van der Waals surface area contributed by atoms with Crippen LogP contribution in [0.2, 0.25) is 0 Å². The Bertz CT molecular complexity index is 657. The summed E-state index contributed by atoms with van der Waals surface area (Å²) in [7, 11) is 3.16. The minimum atomic E-state index is -1.06. The van der Waals surface area contributed by atoms with Gasteiger partial charge in [-0.15, -0.1) is 0 Å². The Balaban J connectivity index is 1.51. The molecule has 0 bridgehead atoms. The highest BCUT2D eigenvalue weighted by Crippen LogP contribution is 2.26. The van der Waals surface area contributed by atoms with Crippen molar-refractivity contribution in [2.24, 2.45) is 0 Å². The van der Waals surface area contributed by atoms with Crippen molar-refractivity contribution in [1.29, 1.82) is 0 Å². The van der Waals surface area contributed by atoms with Crippen molar-refractivity contribution in [3.8, 4) is 0 Å². The van der Waals surface area contributed by atoms with E-state index in [0.717, 1.165) is 39.3 Å². The van der Waals surface area contributed by atoms with Crippen molar-refractivity contribution in [2.75, 3.05) is 58.4 Å². The Morgan fingerprint density at radius 1 is 1.35 bits per heavy atom. The van der Waals surface area contributed by atoms with Gasteiger partial charge in [0.15, 0.2) is 11.5 Å². The molecule has 1 atom stereocenters. The fourth-order valence-corrected chi connectivity index (χ4v) is 3.18. The second kappa shape index (κ2) is 8.02. The standard InChI is InChI=1S/C16H26N6O4/c1-19-14-13(15(24)20(2)16(19)25)22(11-18-14)10-12(23)17-4-3-5-21-6-8-26-9-7-21/h11,16,25H,3-10H2,1-2H3,(H,17,23). The molecule has 144 valence electrons. The van der Waals surface area contributed by atoms with Crippen LogP contribution >= 0.6 is 0 Å². The van der Waals surface area contributed by atoms with E-state index in [-0.39, 0.29) is 18.4 Å². The predicted octanol–water partition coefficient (Wildman–Crippen LogP) is -1.48. The van der Waals surface area contributed by atoms with Crippen molar-refractivity contribution in [1.82, 2.24) is 24.7 Å². The molecule has 0 saturated carbocycles. The SMILES string of the molecule is CN1C(=O)c2c(ncn2CC(=O)NCCCN2CCOCC2)N(C)C1O. The van der Waals surface area contributed by atoms with Gasteiger partial charge in [0.1, 0.15) is 6.54 Å². The number of aromatic nitrogens is 2. The topological polar surface area (TPSA) is 103 Å². The maximum atomic E-state index is 12.4. The molecule has 0 radical (unpaired) electrons. The van der Waals surface area contributed by atoms with Gasteiger partial charge in [-0.1, -0.05) is 0 Å². The molecule has 0 spiro atoms. The number of amides is 2. The van der Waals surface area contributed by atoms with Crippen molar-refractivity contribution in [2.45, 2.75) is 19.3 Å². The molecule has 1 aromatic heterocycles. The van der Waals surface area contributed by atoms with Crippen LogP contribution < -0.4 is 10.2 Å². The van der Waals surface area contributed by atoms with Crippen LogP contribution in [0.1, 0.15) is 16.9 Å². The molecular formula is C16H26N6O4. The van der Waals surface area contributed by atoms with Gasteiger partial charge in [0.05, 0.1) is 19.5 Å². The lowest BCUT2D eigenvalue weighted by atomic mass is 10.3. The molecule has 1 unspecified atom stereocenters. The molecular weight excluding hydrogens is 340 g/mol.